The van der Waals surface area contributed by atoms with E-state index >= 15 is 0 Å². The first-order valence-electron chi connectivity index (χ1n) is 17.5. The monoisotopic (exact) mass is 666 g/mol. The minimum atomic E-state index is -0.0999. The molecule has 252 valence electrons. The Hall–Kier alpha value is -5.94. The Balaban J connectivity index is 1.20. The summed E-state index contributed by atoms with van der Waals surface area (Å²) in [7, 11) is 0. The summed E-state index contributed by atoms with van der Waals surface area (Å²) in [6.45, 7) is 13.4. The van der Waals surface area contributed by atoms with Crippen LogP contribution in [0.1, 0.15) is 52.7 Å². The molecular formula is C46H42N4O. The van der Waals surface area contributed by atoms with E-state index in [1.165, 1.54) is 22.1 Å². The summed E-state index contributed by atoms with van der Waals surface area (Å²) in [5.41, 5.74) is 8.85. The number of rotatable bonds is 6. The molecule has 0 radical (unpaired) electrons. The normalized spacial score (nSPS) is 12.1. The largest absolute Gasteiger partial charge is 0.458 e. The van der Waals surface area contributed by atoms with Gasteiger partial charge in [0.1, 0.15) is 17.3 Å². The van der Waals surface area contributed by atoms with Gasteiger partial charge >= 0.3 is 0 Å². The van der Waals surface area contributed by atoms with Crippen molar-refractivity contribution < 1.29 is 9.30 Å². The summed E-state index contributed by atoms with van der Waals surface area (Å²) in [5.74, 6) is 2.43. The van der Waals surface area contributed by atoms with Gasteiger partial charge in [0, 0.05) is 35.4 Å². The topological polar surface area (TPSA) is 35.9 Å². The second kappa shape index (κ2) is 12.4. The SMILES string of the molecule is CC(C)(C)c1cc(Oc2ccc3c4ccccc4n(-c4cc(C(C)(C)C)ccn4)c3c2)cc(-n2[c-][n+](-c3ccccc3-c3ccccc3)cc2)c1. The molecule has 0 unspecified atom stereocenters. The smallest absolute Gasteiger partial charge is 0.268 e. The fourth-order valence-corrected chi connectivity index (χ4v) is 6.76. The van der Waals surface area contributed by atoms with Crippen molar-refractivity contribution >= 4 is 21.8 Å². The van der Waals surface area contributed by atoms with Crippen LogP contribution in [0.25, 0.3) is 50.1 Å². The maximum Gasteiger partial charge on any atom is 0.268 e. The predicted molar refractivity (Wildman–Crippen MR) is 208 cm³/mol. The lowest BCUT2D eigenvalue weighted by Crippen LogP contribution is -2.29. The molecule has 5 heteroatoms. The highest BCUT2D eigenvalue weighted by molar-refractivity contribution is 6.09. The van der Waals surface area contributed by atoms with Crippen molar-refractivity contribution in [3.63, 3.8) is 0 Å². The van der Waals surface area contributed by atoms with Gasteiger partial charge in [0.15, 0.2) is 0 Å². The van der Waals surface area contributed by atoms with E-state index < -0.39 is 0 Å². The highest BCUT2D eigenvalue weighted by Gasteiger charge is 2.20. The second-order valence-electron chi connectivity index (χ2n) is 15.3. The quantitative estimate of drug-likeness (QED) is 0.131. The number of imidazole rings is 1. The molecule has 5 aromatic carbocycles. The fourth-order valence-electron chi connectivity index (χ4n) is 6.76. The van der Waals surface area contributed by atoms with Crippen LogP contribution in [0.15, 0.2) is 146 Å². The summed E-state index contributed by atoms with van der Waals surface area (Å²) < 4.78 is 13.1. The Morgan fingerprint density at radius 3 is 2.16 bits per heavy atom. The third-order valence-electron chi connectivity index (χ3n) is 9.59. The van der Waals surface area contributed by atoms with E-state index in [4.69, 9.17) is 9.72 Å². The van der Waals surface area contributed by atoms with Gasteiger partial charge < -0.3 is 4.74 Å². The Labute approximate surface area is 300 Å². The Morgan fingerprint density at radius 2 is 1.35 bits per heavy atom. The fraction of sp³-hybridized carbons (Fsp3) is 0.174. The summed E-state index contributed by atoms with van der Waals surface area (Å²) in [4.78, 5) is 4.85. The molecule has 0 bridgehead atoms. The Morgan fingerprint density at radius 1 is 0.627 bits per heavy atom. The van der Waals surface area contributed by atoms with E-state index in [1.54, 1.807) is 0 Å². The van der Waals surface area contributed by atoms with Gasteiger partial charge in [0.2, 0.25) is 0 Å². The van der Waals surface area contributed by atoms with Gasteiger partial charge in [0.25, 0.3) is 6.33 Å². The van der Waals surface area contributed by atoms with Crippen LogP contribution in [0.5, 0.6) is 11.5 Å². The Bertz CT molecular complexity index is 2530. The number of pyridine rings is 1. The molecule has 0 atom stereocenters. The van der Waals surface area contributed by atoms with Crippen LogP contribution in [0.4, 0.5) is 0 Å². The highest BCUT2D eigenvalue weighted by atomic mass is 16.5. The molecule has 0 aliphatic rings. The highest BCUT2D eigenvalue weighted by Crippen LogP contribution is 2.37. The van der Waals surface area contributed by atoms with Crippen molar-refractivity contribution in [1.29, 1.82) is 0 Å². The van der Waals surface area contributed by atoms with Crippen molar-refractivity contribution in [1.82, 2.24) is 14.1 Å². The molecule has 3 heterocycles. The van der Waals surface area contributed by atoms with E-state index in [-0.39, 0.29) is 10.8 Å². The number of ether oxygens (including phenoxy) is 1. The molecule has 0 spiro atoms. The lowest BCUT2D eigenvalue weighted by atomic mass is 9.86. The van der Waals surface area contributed by atoms with Crippen LogP contribution >= 0.6 is 0 Å². The van der Waals surface area contributed by atoms with Crippen LogP contribution in [0.3, 0.4) is 0 Å². The number of aromatic nitrogens is 4. The third-order valence-corrected chi connectivity index (χ3v) is 9.59. The summed E-state index contributed by atoms with van der Waals surface area (Å²) in [6, 6.07) is 44.6. The van der Waals surface area contributed by atoms with Gasteiger partial charge in [-0.3, -0.25) is 13.7 Å². The molecule has 0 saturated heterocycles. The van der Waals surface area contributed by atoms with Crippen molar-refractivity contribution in [3.05, 3.63) is 163 Å². The lowest BCUT2D eigenvalue weighted by Gasteiger charge is -2.22. The molecule has 8 rings (SSSR count). The summed E-state index contributed by atoms with van der Waals surface area (Å²) in [6.07, 6.45) is 9.60. The minimum absolute atomic E-state index is 0.00218. The van der Waals surface area contributed by atoms with E-state index in [0.29, 0.717) is 0 Å². The maximum absolute atomic E-state index is 6.75. The molecule has 3 aromatic heterocycles. The third kappa shape index (κ3) is 6.21. The maximum atomic E-state index is 6.75. The zero-order chi connectivity index (χ0) is 35.3. The first kappa shape index (κ1) is 32.3. The van der Waals surface area contributed by atoms with Gasteiger partial charge in [-0.25, -0.2) is 4.98 Å². The molecule has 0 N–H and O–H groups in total. The molecule has 0 amide bonds. The van der Waals surface area contributed by atoms with Crippen LogP contribution in [-0.2, 0) is 10.8 Å². The standard InChI is InChI=1S/C46H42N4O/c1-45(2,3)33-22-23-47-44(28-33)50-42-19-13-11-17-39(42)40-21-20-36(30-43(40)50)51-37-27-34(46(4,5)6)26-35(29-37)48-24-25-49(31-48)41-18-12-10-16-38(41)32-14-8-7-9-15-32/h7-30H,1-6H3. The van der Waals surface area contributed by atoms with Gasteiger partial charge in [0.05, 0.1) is 22.4 Å². The summed E-state index contributed by atoms with van der Waals surface area (Å²) >= 11 is 0. The number of hydrogen-bond acceptors (Lipinski definition) is 2. The average Bonchev–Trinajstić information content (AvgIpc) is 3.75. The number of benzene rings is 5. The van der Waals surface area contributed by atoms with E-state index in [0.717, 1.165) is 50.7 Å². The number of fused-ring (bicyclic) bond motifs is 3. The molecule has 0 aliphatic carbocycles. The van der Waals surface area contributed by atoms with Crippen LogP contribution < -0.4 is 9.30 Å². The predicted octanol–water partition coefficient (Wildman–Crippen LogP) is 11.1. The van der Waals surface area contributed by atoms with Gasteiger partial charge in [-0.05, 0) is 87.7 Å². The lowest BCUT2D eigenvalue weighted by molar-refractivity contribution is -0.598. The van der Waals surface area contributed by atoms with Crippen molar-refractivity contribution in [3.8, 4) is 39.8 Å². The average molecular weight is 667 g/mol. The van der Waals surface area contributed by atoms with Crippen LogP contribution in [0.2, 0.25) is 0 Å². The van der Waals surface area contributed by atoms with E-state index in [2.05, 4.69) is 191 Å². The number of para-hydroxylation sites is 2. The first-order valence-corrected chi connectivity index (χ1v) is 17.5. The zero-order valence-corrected chi connectivity index (χ0v) is 30.1. The zero-order valence-electron chi connectivity index (χ0n) is 30.1. The molecule has 51 heavy (non-hydrogen) atoms. The van der Waals surface area contributed by atoms with Crippen LogP contribution in [-0.4, -0.2) is 14.1 Å². The van der Waals surface area contributed by atoms with Crippen LogP contribution in [0, 0.1) is 6.33 Å². The number of nitrogens with zero attached hydrogens (tertiary/aromatic N) is 4. The van der Waals surface area contributed by atoms with Gasteiger partial charge in [-0.1, -0.05) is 108 Å². The van der Waals surface area contributed by atoms with Crippen molar-refractivity contribution in [2.24, 2.45) is 0 Å². The van der Waals surface area contributed by atoms with Gasteiger partial charge in [-0.15, -0.1) is 0 Å². The molecular weight excluding hydrogens is 625 g/mol. The molecule has 0 fully saturated rings. The molecule has 0 aliphatic heterocycles. The van der Waals surface area contributed by atoms with Crippen molar-refractivity contribution in [2.75, 3.05) is 0 Å². The second-order valence-corrected chi connectivity index (χ2v) is 15.3. The van der Waals surface area contributed by atoms with Gasteiger partial charge in [-0.2, -0.15) is 0 Å². The molecule has 0 saturated carbocycles. The molecule has 8 aromatic rings. The minimum Gasteiger partial charge on any atom is -0.458 e. The molecule has 5 nitrogen and oxygen atoms in total. The van der Waals surface area contributed by atoms with Crippen molar-refractivity contribution in [2.45, 2.75) is 52.4 Å². The number of hydrogen-bond donors (Lipinski definition) is 0. The summed E-state index contributed by atoms with van der Waals surface area (Å²) in [5, 5.41) is 2.34. The van der Waals surface area contributed by atoms with E-state index in [1.807, 2.05) is 16.8 Å². The van der Waals surface area contributed by atoms with E-state index in [9.17, 15) is 0 Å². The Kier molecular flexibility index (Phi) is 7.87. The first-order chi connectivity index (χ1) is 24.5.